The fourth-order valence-corrected chi connectivity index (χ4v) is 1.75. The Balaban J connectivity index is 2.72. The molecule has 0 fully saturated rings. The summed E-state index contributed by atoms with van der Waals surface area (Å²) < 4.78 is 13.5. The van der Waals surface area contributed by atoms with Gasteiger partial charge in [0, 0.05) is 11.1 Å². The lowest BCUT2D eigenvalue weighted by molar-refractivity contribution is 0.434. The van der Waals surface area contributed by atoms with Crippen LogP contribution in [0.25, 0.3) is 0 Å². The zero-order valence-electron chi connectivity index (χ0n) is 9.13. The van der Waals surface area contributed by atoms with Gasteiger partial charge < -0.3 is 5.73 Å². The van der Waals surface area contributed by atoms with Gasteiger partial charge in [0.25, 0.3) is 0 Å². The van der Waals surface area contributed by atoms with Crippen molar-refractivity contribution in [2.24, 2.45) is 11.7 Å². The first kappa shape index (κ1) is 12.5. The summed E-state index contributed by atoms with van der Waals surface area (Å²) in [5.41, 5.74) is 6.59. The van der Waals surface area contributed by atoms with E-state index in [0.29, 0.717) is 17.0 Å². The van der Waals surface area contributed by atoms with Crippen LogP contribution in [-0.4, -0.2) is 6.04 Å². The highest BCUT2D eigenvalue weighted by atomic mass is 35.5. The van der Waals surface area contributed by atoms with E-state index in [9.17, 15) is 4.39 Å². The van der Waals surface area contributed by atoms with Crippen LogP contribution in [0, 0.1) is 11.7 Å². The monoisotopic (exact) mass is 229 g/mol. The molecule has 0 amide bonds. The van der Waals surface area contributed by atoms with Crippen LogP contribution in [0.4, 0.5) is 4.39 Å². The predicted molar refractivity (Wildman–Crippen MR) is 62.5 cm³/mol. The topological polar surface area (TPSA) is 26.0 Å². The molecule has 0 aliphatic heterocycles. The second kappa shape index (κ2) is 5.47. The second-order valence-electron chi connectivity index (χ2n) is 3.99. The van der Waals surface area contributed by atoms with E-state index in [4.69, 9.17) is 17.3 Å². The average Bonchev–Trinajstić information content (AvgIpc) is 2.20. The second-order valence-corrected chi connectivity index (χ2v) is 4.43. The zero-order chi connectivity index (χ0) is 11.4. The van der Waals surface area contributed by atoms with Crippen LogP contribution in [0.5, 0.6) is 0 Å². The Labute approximate surface area is 95.4 Å². The van der Waals surface area contributed by atoms with Gasteiger partial charge in [-0.1, -0.05) is 31.5 Å². The predicted octanol–water partition coefficient (Wildman–Crippen LogP) is 3.40. The van der Waals surface area contributed by atoms with Crippen molar-refractivity contribution in [1.82, 2.24) is 0 Å². The normalized spacial score (nSPS) is 15.0. The Kier molecular flexibility index (Phi) is 4.55. The molecule has 0 aromatic heterocycles. The third-order valence-electron chi connectivity index (χ3n) is 2.76. The summed E-state index contributed by atoms with van der Waals surface area (Å²) in [6.07, 6.45) is 1.58. The molecule has 0 radical (unpaired) electrons. The van der Waals surface area contributed by atoms with E-state index in [1.54, 1.807) is 12.1 Å². The van der Waals surface area contributed by atoms with E-state index in [-0.39, 0.29) is 17.8 Å². The lowest BCUT2D eigenvalue weighted by Gasteiger charge is -2.18. The molecule has 1 aromatic rings. The highest BCUT2D eigenvalue weighted by Crippen LogP contribution is 2.19. The van der Waals surface area contributed by atoms with Gasteiger partial charge in [0.05, 0.1) is 0 Å². The van der Waals surface area contributed by atoms with Crippen molar-refractivity contribution in [3.63, 3.8) is 0 Å². The molecule has 0 heterocycles. The van der Waals surface area contributed by atoms with Gasteiger partial charge in [0.15, 0.2) is 0 Å². The quantitative estimate of drug-likeness (QED) is 0.842. The van der Waals surface area contributed by atoms with Crippen molar-refractivity contribution in [2.75, 3.05) is 0 Å². The molecule has 0 saturated heterocycles. The first-order valence-electron chi connectivity index (χ1n) is 5.24. The highest BCUT2D eigenvalue weighted by molar-refractivity contribution is 6.30. The Morgan fingerprint density at radius 1 is 1.47 bits per heavy atom. The Morgan fingerprint density at radius 3 is 2.67 bits per heavy atom. The van der Waals surface area contributed by atoms with Gasteiger partial charge in [-0.2, -0.15) is 0 Å². The molecule has 2 N–H and O–H groups in total. The van der Waals surface area contributed by atoms with E-state index < -0.39 is 0 Å². The van der Waals surface area contributed by atoms with Crippen molar-refractivity contribution in [3.05, 3.63) is 34.6 Å². The molecule has 0 bridgehead atoms. The molecule has 84 valence electrons. The fraction of sp³-hybridized carbons (Fsp3) is 0.500. The number of hydrogen-bond acceptors (Lipinski definition) is 1. The van der Waals surface area contributed by atoms with Gasteiger partial charge in [-0.15, -0.1) is 0 Å². The molecule has 0 aliphatic rings. The number of rotatable bonds is 4. The van der Waals surface area contributed by atoms with Crippen LogP contribution in [0.1, 0.15) is 25.8 Å². The van der Waals surface area contributed by atoms with Gasteiger partial charge in [0.1, 0.15) is 5.82 Å². The summed E-state index contributed by atoms with van der Waals surface area (Å²) >= 11 is 5.68. The summed E-state index contributed by atoms with van der Waals surface area (Å²) in [5.74, 6) is 0.0447. The highest BCUT2D eigenvalue weighted by Gasteiger charge is 2.13. The maximum absolute atomic E-state index is 13.5. The molecule has 1 aromatic carbocycles. The number of benzene rings is 1. The van der Waals surface area contributed by atoms with Crippen LogP contribution < -0.4 is 5.73 Å². The molecule has 15 heavy (non-hydrogen) atoms. The van der Waals surface area contributed by atoms with E-state index in [1.807, 2.05) is 13.8 Å². The summed E-state index contributed by atoms with van der Waals surface area (Å²) in [7, 11) is 0. The lowest BCUT2D eigenvalue weighted by Crippen LogP contribution is -2.28. The van der Waals surface area contributed by atoms with Gasteiger partial charge in [-0.3, -0.25) is 0 Å². The minimum absolute atomic E-state index is 0.125. The standard InChI is InChI=1S/C12H17ClFN/c1-3-12(15)8(2)6-9-4-5-10(13)7-11(9)14/h4-5,7-8,12H,3,6,15H2,1-2H3. The van der Waals surface area contributed by atoms with Crippen LogP contribution in [0.3, 0.4) is 0 Å². The SMILES string of the molecule is CCC(N)C(C)Cc1ccc(Cl)cc1F. The molecule has 1 nitrogen and oxygen atoms in total. The Bertz CT molecular complexity index is 327. The largest absolute Gasteiger partial charge is 0.327 e. The van der Waals surface area contributed by atoms with E-state index in [1.165, 1.54) is 6.07 Å². The van der Waals surface area contributed by atoms with Gasteiger partial charge in [-0.25, -0.2) is 4.39 Å². The first-order chi connectivity index (χ1) is 7.04. The number of nitrogens with two attached hydrogens (primary N) is 1. The minimum atomic E-state index is -0.238. The van der Waals surface area contributed by atoms with Crippen LogP contribution in [0.15, 0.2) is 18.2 Å². The van der Waals surface area contributed by atoms with Gasteiger partial charge >= 0.3 is 0 Å². The average molecular weight is 230 g/mol. The van der Waals surface area contributed by atoms with Gasteiger partial charge in [0.2, 0.25) is 0 Å². The molecule has 0 spiro atoms. The molecule has 3 heteroatoms. The third kappa shape index (κ3) is 3.47. The van der Waals surface area contributed by atoms with Crippen LogP contribution >= 0.6 is 11.6 Å². The Hall–Kier alpha value is -0.600. The van der Waals surface area contributed by atoms with E-state index >= 15 is 0 Å². The Morgan fingerprint density at radius 2 is 2.13 bits per heavy atom. The summed E-state index contributed by atoms with van der Waals surface area (Å²) in [5, 5.41) is 0.434. The first-order valence-corrected chi connectivity index (χ1v) is 5.62. The van der Waals surface area contributed by atoms with Gasteiger partial charge in [-0.05, 0) is 36.5 Å². The number of hydrogen-bond donors (Lipinski definition) is 1. The lowest BCUT2D eigenvalue weighted by atomic mass is 9.93. The fourth-order valence-electron chi connectivity index (χ4n) is 1.59. The summed E-state index contributed by atoms with van der Waals surface area (Å²) in [6, 6.07) is 4.92. The molecule has 2 atom stereocenters. The molecular formula is C12H17ClFN. The maximum atomic E-state index is 13.5. The van der Waals surface area contributed by atoms with Crippen molar-refractivity contribution in [3.8, 4) is 0 Å². The smallest absolute Gasteiger partial charge is 0.127 e. The zero-order valence-corrected chi connectivity index (χ0v) is 9.89. The minimum Gasteiger partial charge on any atom is -0.327 e. The van der Waals surface area contributed by atoms with E-state index in [2.05, 4.69) is 0 Å². The third-order valence-corrected chi connectivity index (χ3v) is 2.99. The van der Waals surface area contributed by atoms with E-state index in [0.717, 1.165) is 6.42 Å². The molecule has 0 aliphatic carbocycles. The number of halogens is 2. The summed E-state index contributed by atoms with van der Waals surface area (Å²) in [4.78, 5) is 0. The molecule has 2 unspecified atom stereocenters. The van der Waals surface area contributed by atoms with Crippen molar-refractivity contribution < 1.29 is 4.39 Å². The molecule has 0 saturated carbocycles. The molecule has 1 rings (SSSR count). The van der Waals surface area contributed by atoms with Crippen LogP contribution in [-0.2, 0) is 6.42 Å². The summed E-state index contributed by atoms with van der Waals surface area (Å²) in [6.45, 7) is 4.08. The molecular weight excluding hydrogens is 213 g/mol. The van der Waals surface area contributed by atoms with Crippen LogP contribution in [0.2, 0.25) is 5.02 Å². The van der Waals surface area contributed by atoms with Crippen molar-refractivity contribution in [2.45, 2.75) is 32.7 Å². The van der Waals surface area contributed by atoms with Crippen molar-refractivity contribution >= 4 is 11.6 Å². The van der Waals surface area contributed by atoms with Crippen molar-refractivity contribution in [1.29, 1.82) is 0 Å². The maximum Gasteiger partial charge on any atom is 0.127 e.